The van der Waals surface area contributed by atoms with Crippen LogP contribution in [0, 0.1) is 0 Å². The molecule has 0 fully saturated rings. The molecule has 0 unspecified atom stereocenters. The first kappa shape index (κ1) is 13.1. The van der Waals surface area contributed by atoms with E-state index in [9.17, 15) is 4.79 Å². The van der Waals surface area contributed by atoms with Gasteiger partial charge in [0, 0.05) is 5.57 Å². The molecule has 0 atom stereocenters. The van der Waals surface area contributed by atoms with E-state index in [1.54, 1.807) is 33.3 Å². The molecule has 0 aromatic heterocycles. The van der Waals surface area contributed by atoms with Gasteiger partial charge in [0.05, 0.1) is 19.8 Å². The summed E-state index contributed by atoms with van der Waals surface area (Å²) in [5.74, 6) is 0.815. The van der Waals surface area contributed by atoms with E-state index >= 15 is 0 Å². The number of ether oxygens (including phenoxy) is 3. The second-order valence-electron chi connectivity index (χ2n) is 3.50. The van der Waals surface area contributed by atoms with E-state index in [0.29, 0.717) is 22.6 Å². The topological polar surface area (TPSA) is 44.8 Å². The number of esters is 1. The van der Waals surface area contributed by atoms with Crippen LogP contribution in [0.4, 0.5) is 0 Å². The van der Waals surface area contributed by atoms with Gasteiger partial charge in [-0.1, -0.05) is 12.6 Å². The molecule has 0 aliphatic rings. The van der Waals surface area contributed by atoms with Crippen molar-refractivity contribution in [2.24, 2.45) is 0 Å². The number of benzene rings is 1. The van der Waals surface area contributed by atoms with Gasteiger partial charge in [-0.2, -0.15) is 0 Å². The van der Waals surface area contributed by atoms with Crippen LogP contribution in [-0.4, -0.2) is 20.2 Å². The van der Waals surface area contributed by atoms with Crippen LogP contribution in [0.2, 0.25) is 0 Å². The van der Waals surface area contributed by atoms with Gasteiger partial charge in [-0.25, -0.2) is 4.79 Å². The molecule has 1 rings (SSSR count). The molecule has 1 aromatic carbocycles. The minimum Gasteiger partial charge on any atom is -0.496 e. The molecule has 0 radical (unpaired) electrons. The van der Waals surface area contributed by atoms with Gasteiger partial charge in [0.25, 0.3) is 0 Å². The predicted octanol–water partition coefficient (Wildman–Crippen LogP) is 2.32. The van der Waals surface area contributed by atoms with Gasteiger partial charge < -0.3 is 14.2 Å². The van der Waals surface area contributed by atoms with E-state index in [0.717, 1.165) is 0 Å². The molecule has 0 aliphatic heterocycles. The zero-order chi connectivity index (χ0) is 12.8. The maximum atomic E-state index is 11.3. The molecule has 4 heteroatoms. The highest BCUT2D eigenvalue weighted by molar-refractivity contribution is 5.86. The Bertz CT molecular complexity index is 401. The molecular formula is C13H16O4. The molecule has 0 amide bonds. The van der Waals surface area contributed by atoms with E-state index in [4.69, 9.17) is 14.2 Å². The Balaban J connectivity index is 2.88. The van der Waals surface area contributed by atoms with Crippen molar-refractivity contribution in [1.82, 2.24) is 0 Å². The third kappa shape index (κ3) is 3.24. The summed E-state index contributed by atoms with van der Waals surface area (Å²) >= 11 is 0. The molecule has 1 aromatic rings. The Morgan fingerprint density at radius 2 is 1.76 bits per heavy atom. The molecular weight excluding hydrogens is 220 g/mol. The summed E-state index contributed by atoms with van der Waals surface area (Å²) in [6, 6.07) is 5.38. The van der Waals surface area contributed by atoms with E-state index in [-0.39, 0.29) is 6.61 Å². The minimum atomic E-state index is -0.432. The Labute approximate surface area is 101 Å². The highest BCUT2D eigenvalue weighted by Gasteiger charge is 2.12. The van der Waals surface area contributed by atoms with Gasteiger partial charge in [0.2, 0.25) is 0 Å². The van der Waals surface area contributed by atoms with Crippen LogP contribution in [0.1, 0.15) is 12.5 Å². The van der Waals surface area contributed by atoms with E-state index in [1.165, 1.54) is 0 Å². The summed E-state index contributed by atoms with van der Waals surface area (Å²) in [4.78, 5) is 11.3. The number of carbonyl (C=O) groups is 1. The molecule has 0 heterocycles. The Morgan fingerprint density at radius 1 is 1.24 bits per heavy atom. The largest absolute Gasteiger partial charge is 0.496 e. The van der Waals surface area contributed by atoms with Crippen molar-refractivity contribution in [2.75, 3.05) is 14.2 Å². The van der Waals surface area contributed by atoms with E-state index < -0.39 is 5.97 Å². The van der Waals surface area contributed by atoms with Crippen molar-refractivity contribution in [3.63, 3.8) is 0 Å². The van der Waals surface area contributed by atoms with Crippen molar-refractivity contribution in [3.05, 3.63) is 35.9 Å². The van der Waals surface area contributed by atoms with Crippen LogP contribution in [-0.2, 0) is 16.1 Å². The van der Waals surface area contributed by atoms with Crippen LogP contribution >= 0.6 is 0 Å². The average molecular weight is 236 g/mol. The average Bonchev–Trinajstić information content (AvgIpc) is 2.34. The first-order chi connectivity index (χ1) is 8.10. The van der Waals surface area contributed by atoms with Crippen LogP contribution in [0.25, 0.3) is 0 Å². The fourth-order valence-corrected chi connectivity index (χ4v) is 1.33. The molecule has 92 valence electrons. The maximum Gasteiger partial charge on any atom is 0.333 e. The third-order valence-corrected chi connectivity index (χ3v) is 2.23. The lowest BCUT2D eigenvalue weighted by Crippen LogP contribution is -2.06. The van der Waals surface area contributed by atoms with Crippen LogP contribution in [0.5, 0.6) is 11.5 Å². The summed E-state index contributed by atoms with van der Waals surface area (Å²) in [6.45, 7) is 5.21. The number of rotatable bonds is 5. The standard InChI is InChI=1S/C13H16O4/c1-9(2)13(14)17-8-10-11(15-3)6-5-7-12(10)16-4/h5-7H,1,8H2,2-4H3. The maximum absolute atomic E-state index is 11.3. The lowest BCUT2D eigenvalue weighted by Gasteiger charge is -2.13. The minimum absolute atomic E-state index is 0.0961. The van der Waals surface area contributed by atoms with Crippen LogP contribution in [0.3, 0.4) is 0 Å². The smallest absolute Gasteiger partial charge is 0.333 e. The Morgan fingerprint density at radius 3 is 2.18 bits per heavy atom. The Hall–Kier alpha value is -1.97. The van der Waals surface area contributed by atoms with Gasteiger partial charge in [-0.3, -0.25) is 0 Å². The predicted molar refractivity (Wildman–Crippen MR) is 64.2 cm³/mol. The third-order valence-electron chi connectivity index (χ3n) is 2.23. The number of methoxy groups -OCH3 is 2. The highest BCUT2D eigenvalue weighted by Crippen LogP contribution is 2.28. The van der Waals surface area contributed by atoms with Gasteiger partial charge >= 0.3 is 5.97 Å². The van der Waals surface area contributed by atoms with Crippen molar-refractivity contribution in [2.45, 2.75) is 13.5 Å². The van der Waals surface area contributed by atoms with Crippen LogP contribution < -0.4 is 9.47 Å². The highest BCUT2D eigenvalue weighted by atomic mass is 16.5. The Kier molecular flexibility index (Phi) is 4.57. The molecule has 0 bridgehead atoms. The number of hydrogen-bond acceptors (Lipinski definition) is 4. The van der Waals surface area contributed by atoms with Crippen molar-refractivity contribution in [1.29, 1.82) is 0 Å². The summed E-state index contributed by atoms with van der Waals surface area (Å²) in [5.41, 5.74) is 1.06. The summed E-state index contributed by atoms with van der Waals surface area (Å²) in [5, 5.41) is 0. The van der Waals surface area contributed by atoms with Gasteiger partial charge in [-0.05, 0) is 19.1 Å². The molecule has 4 nitrogen and oxygen atoms in total. The molecule has 17 heavy (non-hydrogen) atoms. The fraction of sp³-hybridized carbons (Fsp3) is 0.308. The SMILES string of the molecule is C=C(C)C(=O)OCc1c(OC)cccc1OC. The first-order valence-electron chi connectivity index (χ1n) is 5.12. The summed E-state index contributed by atoms with van der Waals surface area (Å²) in [6.07, 6.45) is 0. The number of hydrogen-bond donors (Lipinski definition) is 0. The van der Waals surface area contributed by atoms with Crippen molar-refractivity contribution >= 4 is 5.97 Å². The van der Waals surface area contributed by atoms with Crippen molar-refractivity contribution in [3.8, 4) is 11.5 Å². The van der Waals surface area contributed by atoms with E-state index in [1.807, 2.05) is 6.07 Å². The molecule has 0 saturated heterocycles. The fourth-order valence-electron chi connectivity index (χ4n) is 1.33. The molecule has 0 aliphatic carbocycles. The lowest BCUT2D eigenvalue weighted by atomic mass is 10.2. The second kappa shape index (κ2) is 5.94. The first-order valence-corrected chi connectivity index (χ1v) is 5.12. The van der Waals surface area contributed by atoms with Gasteiger partial charge in [0.15, 0.2) is 0 Å². The van der Waals surface area contributed by atoms with Gasteiger partial charge in [0.1, 0.15) is 18.1 Å². The number of carbonyl (C=O) groups excluding carboxylic acids is 1. The molecule has 0 spiro atoms. The monoisotopic (exact) mass is 236 g/mol. The normalized spacial score (nSPS) is 9.59. The van der Waals surface area contributed by atoms with Crippen molar-refractivity contribution < 1.29 is 19.0 Å². The summed E-state index contributed by atoms with van der Waals surface area (Å²) < 4.78 is 15.4. The second-order valence-corrected chi connectivity index (χ2v) is 3.50. The van der Waals surface area contributed by atoms with E-state index in [2.05, 4.69) is 6.58 Å². The molecule has 0 saturated carbocycles. The zero-order valence-electron chi connectivity index (χ0n) is 10.3. The summed E-state index contributed by atoms with van der Waals surface area (Å²) in [7, 11) is 3.11. The zero-order valence-corrected chi connectivity index (χ0v) is 10.3. The molecule has 0 N–H and O–H groups in total. The quantitative estimate of drug-likeness (QED) is 0.581. The lowest BCUT2D eigenvalue weighted by molar-refractivity contribution is -0.140. The van der Waals surface area contributed by atoms with Crippen LogP contribution in [0.15, 0.2) is 30.4 Å². The van der Waals surface area contributed by atoms with Gasteiger partial charge in [-0.15, -0.1) is 0 Å².